The monoisotopic (exact) mass is 216 g/mol. The van der Waals surface area contributed by atoms with Crippen LogP contribution in [0.25, 0.3) is 0 Å². The zero-order valence-corrected chi connectivity index (χ0v) is 10.0. The number of ether oxygens (including phenoxy) is 1. The van der Waals surface area contributed by atoms with E-state index >= 15 is 0 Å². The molecule has 1 aliphatic heterocycles. The van der Waals surface area contributed by atoms with Gasteiger partial charge >= 0.3 is 0 Å². The number of hydrogen-bond donors (Lipinski definition) is 2. The SMILES string of the molecule is CCCNC(=S)NC1COCC1(C)C. The van der Waals surface area contributed by atoms with Crippen molar-refractivity contribution in [1.82, 2.24) is 10.6 Å². The summed E-state index contributed by atoms with van der Waals surface area (Å²) < 4.78 is 5.43. The fourth-order valence-corrected chi connectivity index (χ4v) is 1.70. The van der Waals surface area contributed by atoms with Gasteiger partial charge in [0.15, 0.2) is 5.11 Å². The molecule has 4 heteroatoms. The summed E-state index contributed by atoms with van der Waals surface area (Å²) in [5, 5.41) is 7.21. The summed E-state index contributed by atoms with van der Waals surface area (Å²) in [7, 11) is 0. The van der Waals surface area contributed by atoms with Crippen LogP contribution < -0.4 is 10.6 Å². The third-order valence-corrected chi connectivity index (χ3v) is 2.80. The van der Waals surface area contributed by atoms with Gasteiger partial charge in [-0.3, -0.25) is 0 Å². The van der Waals surface area contributed by atoms with Gasteiger partial charge in [-0.15, -0.1) is 0 Å². The summed E-state index contributed by atoms with van der Waals surface area (Å²) in [4.78, 5) is 0. The third kappa shape index (κ3) is 3.10. The van der Waals surface area contributed by atoms with Crippen molar-refractivity contribution in [3.63, 3.8) is 0 Å². The van der Waals surface area contributed by atoms with Crippen molar-refractivity contribution in [2.24, 2.45) is 5.41 Å². The molecule has 1 rings (SSSR count). The van der Waals surface area contributed by atoms with Crippen LogP contribution in [0.3, 0.4) is 0 Å². The maximum atomic E-state index is 5.43. The first-order valence-corrected chi connectivity index (χ1v) is 5.59. The molecule has 0 saturated carbocycles. The summed E-state index contributed by atoms with van der Waals surface area (Å²) in [6.45, 7) is 9.00. The standard InChI is InChI=1S/C10H20N2OS/c1-4-5-11-9(14)12-8-6-13-7-10(8,2)3/h8H,4-7H2,1-3H3,(H2,11,12,14). The van der Waals surface area contributed by atoms with Gasteiger partial charge in [0, 0.05) is 12.0 Å². The lowest BCUT2D eigenvalue weighted by molar-refractivity contribution is 0.166. The molecule has 0 radical (unpaired) electrons. The first-order valence-electron chi connectivity index (χ1n) is 5.18. The van der Waals surface area contributed by atoms with Crippen LogP contribution in [0.4, 0.5) is 0 Å². The fourth-order valence-electron chi connectivity index (χ4n) is 1.45. The van der Waals surface area contributed by atoms with Gasteiger partial charge in [0.25, 0.3) is 0 Å². The Bertz CT molecular complexity index is 206. The van der Waals surface area contributed by atoms with Gasteiger partial charge in [-0.05, 0) is 18.6 Å². The van der Waals surface area contributed by atoms with Crippen molar-refractivity contribution in [2.45, 2.75) is 33.2 Å². The molecule has 1 heterocycles. The molecular weight excluding hydrogens is 196 g/mol. The first kappa shape index (κ1) is 11.7. The Hall–Kier alpha value is -0.350. The molecule has 14 heavy (non-hydrogen) atoms. The predicted octanol–water partition coefficient (Wildman–Crippen LogP) is 1.29. The van der Waals surface area contributed by atoms with E-state index in [-0.39, 0.29) is 5.41 Å². The Morgan fingerprint density at radius 3 is 2.79 bits per heavy atom. The number of hydrogen-bond acceptors (Lipinski definition) is 2. The summed E-state index contributed by atoms with van der Waals surface area (Å²) in [5.41, 5.74) is 0.179. The van der Waals surface area contributed by atoms with E-state index in [2.05, 4.69) is 31.4 Å². The molecule has 82 valence electrons. The molecule has 1 saturated heterocycles. The summed E-state index contributed by atoms with van der Waals surface area (Å²) >= 11 is 5.18. The smallest absolute Gasteiger partial charge is 0.166 e. The summed E-state index contributed by atoms with van der Waals surface area (Å²) in [6.07, 6.45) is 1.09. The zero-order valence-electron chi connectivity index (χ0n) is 9.22. The van der Waals surface area contributed by atoms with Gasteiger partial charge in [-0.2, -0.15) is 0 Å². The van der Waals surface area contributed by atoms with Crippen LogP contribution >= 0.6 is 12.2 Å². The van der Waals surface area contributed by atoms with Crippen LogP contribution in [0.2, 0.25) is 0 Å². The maximum absolute atomic E-state index is 5.43. The number of rotatable bonds is 3. The quantitative estimate of drug-likeness (QED) is 0.696. The zero-order chi connectivity index (χ0) is 10.6. The lowest BCUT2D eigenvalue weighted by atomic mass is 9.88. The molecule has 2 N–H and O–H groups in total. The largest absolute Gasteiger partial charge is 0.379 e. The van der Waals surface area contributed by atoms with Crippen molar-refractivity contribution in [1.29, 1.82) is 0 Å². The Kier molecular flexibility index (Phi) is 4.13. The van der Waals surface area contributed by atoms with Gasteiger partial charge < -0.3 is 15.4 Å². The van der Waals surface area contributed by atoms with Crippen LogP contribution in [-0.2, 0) is 4.74 Å². The highest BCUT2D eigenvalue weighted by molar-refractivity contribution is 7.80. The highest BCUT2D eigenvalue weighted by Gasteiger charge is 2.35. The molecule has 0 spiro atoms. The van der Waals surface area contributed by atoms with Crippen molar-refractivity contribution in [3.05, 3.63) is 0 Å². The van der Waals surface area contributed by atoms with Gasteiger partial charge in [-0.1, -0.05) is 20.8 Å². The highest BCUT2D eigenvalue weighted by atomic mass is 32.1. The van der Waals surface area contributed by atoms with Crippen LogP contribution in [0.15, 0.2) is 0 Å². The van der Waals surface area contributed by atoms with Crippen LogP contribution in [-0.4, -0.2) is 30.9 Å². The Balaban J connectivity index is 2.33. The third-order valence-electron chi connectivity index (χ3n) is 2.54. The topological polar surface area (TPSA) is 33.3 Å². The summed E-state index contributed by atoms with van der Waals surface area (Å²) in [5.74, 6) is 0. The van der Waals surface area contributed by atoms with Gasteiger partial charge in [0.05, 0.1) is 19.3 Å². The van der Waals surface area contributed by atoms with Crippen molar-refractivity contribution in [2.75, 3.05) is 19.8 Å². The molecule has 1 unspecified atom stereocenters. The van der Waals surface area contributed by atoms with Crippen LogP contribution in [0, 0.1) is 5.41 Å². The highest BCUT2D eigenvalue weighted by Crippen LogP contribution is 2.26. The molecule has 0 aromatic carbocycles. The van der Waals surface area contributed by atoms with Gasteiger partial charge in [-0.25, -0.2) is 0 Å². The van der Waals surface area contributed by atoms with Crippen LogP contribution in [0.1, 0.15) is 27.2 Å². The Morgan fingerprint density at radius 2 is 2.29 bits per heavy atom. The van der Waals surface area contributed by atoms with Crippen LogP contribution in [0.5, 0.6) is 0 Å². The predicted molar refractivity (Wildman–Crippen MR) is 62.4 cm³/mol. The average Bonchev–Trinajstić information content (AvgIpc) is 2.43. The van der Waals surface area contributed by atoms with E-state index in [4.69, 9.17) is 17.0 Å². The van der Waals surface area contributed by atoms with E-state index in [9.17, 15) is 0 Å². The Labute approximate surface area is 91.6 Å². The lowest BCUT2D eigenvalue weighted by Crippen LogP contribution is -2.48. The maximum Gasteiger partial charge on any atom is 0.166 e. The number of thiocarbonyl (C=S) groups is 1. The van der Waals surface area contributed by atoms with Gasteiger partial charge in [0.1, 0.15) is 0 Å². The molecule has 1 fully saturated rings. The van der Waals surface area contributed by atoms with E-state index in [1.165, 1.54) is 0 Å². The Morgan fingerprint density at radius 1 is 1.57 bits per heavy atom. The van der Waals surface area contributed by atoms with E-state index in [0.717, 1.165) is 31.3 Å². The normalized spacial score (nSPS) is 24.6. The summed E-state index contributed by atoms with van der Waals surface area (Å²) in [6, 6.07) is 0.333. The minimum Gasteiger partial charge on any atom is -0.379 e. The average molecular weight is 216 g/mol. The van der Waals surface area contributed by atoms with Gasteiger partial charge in [0.2, 0.25) is 0 Å². The first-order chi connectivity index (χ1) is 6.56. The molecule has 0 aliphatic carbocycles. The second-order valence-electron chi connectivity index (χ2n) is 4.46. The number of nitrogens with one attached hydrogen (secondary N) is 2. The molecule has 0 aromatic heterocycles. The second kappa shape index (κ2) is 4.94. The van der Waals surface area contributed by atoms with E-state index in [0.29, 0.717) is 6.04 Å². The van der Waals surface area contributed by atoms with E-state index in [1.54, 1.807) is 0 Å². The molecule has 0 aromatic rings. The molecular formula is C10H20N2OS. The fraction of sp³-hybridized carbons (Fsp3) is 0.900. The molecule has 1 aliphatic rings. The van der Waals surface area contributed by atoms with Crippen molar-refractivity contribution >= 4 is 17.3 Å². The minimum atomic E-state index is 0.179. The van der Waals surface area contributed by atoms with E-state index in [1.807, 2.05) is 0 Å². The van der Waals surface area contributed by atoms with E-state index < -0.39 is 0 Å². The molecule has 1 atom stereocenters. The minimum absolute atomic E-state index is 0.179. The molecule has 0 bridgehead atoms. The second-order valence-corrected chi connectivity index (χ2v) is 4.86. The van der Waals surface area contributed by atoms with Crippen molar-refractivity contribution in [3.8, 4) is 0 Å². The van der Waals surface area contributed by atoms with Crippen molar-refractivity contribution < 1.29 is 4.74 Å². The molecule has 3 nitrogen and oxygen atoms in total. The molecule has 0 amide bonds. The lowest BCUT2D eigenvalue weighted by Gasteiger charge is -2.26.